The van der Waals surface area contributed by atoms with Crippen LogP contribution in [0.3, 0.4) is 0 Å². The van der Waals surface area contributed by atoms with Crippen LogP contribution in [0.25, 0.3) is 11.0 Å². The molecule has 2 aliphatic heterocycles. The van der Waals surface area contributed by atoms with Gasteiger partial charge < -0.3 is 19.0 Å². The molecule has 134 valence electrons. The molecule has 3 heterocycles. The number of aryl methyl sites for hydroxylation is 1. The number of carbonyl (C=O) groups is 1. The van der Waals surface area contributed by atoms with Gasteiger partial charge in [-0.2, -0.15) is 0 Å². The van der Waals surface area contributed by atoms with Crippen LogP contribution in [0.2, 0.25) is 5.02 Å². The van der Waals surface area contributed by atoms with Crippen molar-refractivity contribution >= 4 is 28.5 Å². The molecule has 2 saturated heterocycles. The number of benzene rings is 1. The zero-order valence-electron chi connectivity index (χ0n) is 14.7. The minimum Gasteiger partial charge on any atom is -0.451 e. The van der Waals surface area contributed by atoms with Crippen LogP contribution >= 0.6 is 11.6 Å². The van der Waals surface area contributed by atoms with Crippen molar-refractivity contribution < 1.29 is 13.9 Å². The smallest absolute Gasteiger partial charge is 0.292 e. The number of halogens is 1. The third kappa shape index (κ3) is 2.75. The molecule has 1 aromatic heterocycles. The Hall–Kier alpha value is -1.56. The predicted molar refractivity (Wildman–Crippen MR) is 97.0 cm³/mol. The summed E-state index contributed by atoms with van der Waals surface area (Å²) < 4.78 is 12.0. The molecule has 2 aliphatic rings. The van der Waals surface area contributed by atoms with E-state index in [4.69, 9.17) is 20.8 Å². The summed E-state index contributed by atoms with van der Waals surface area (Å²) >= 11 is 6.09. The second-order valence-electron chi connectivity index (χ2n) is 6.88. The zero-order chi connectivity index (χ0) is 17.6. The normalized spacial score (nSPS) is 20.7. The first kappa shape index (κ1) is 16.9. The molecule has 1 aromatic carbocycles. The number of carbonyl (C=O) groups excluding carboxylic acids is 1. The van der Waals surface area contributed by atoms with Gasteiger partial charge in [0, 0.05) is 48.4 Å². The Morgan fingerprint density at radius 3 is 2.76 bits per heavy atom. The number of likely N-dealkylation sites (tertiary alicyclic amines) is 1. The largest absolute Gasteiger partial charge is 0.451 e. The molecule has 0 unspecified atom stereocenters. The van der Waals surface area contributed by atoms with Gasteiger partial charge in [-0.1, -0.05) is 18.5 Å². The standard InChI is InChI=1S/C19H23ClN2O3/c1-3-21-8-6-19(7-9-21)22(10-11-24-19)18(23)17-13(2)15-12-14(20)4-5-16(15)25-17/h4-5,12H,3,6-11H2,1-2H3. The molecular formula is C19H23ClN2O3. The van der Waals surface area contributed by atoms with Crippen LogP contribution < -0.4 is 0 Å². The predicted octanol–water partition coefficient (Wildman–Crippen LogP) is 3.68. The summed E-state index contributed by atoms with van der Waals surface area (Å²) in [6, 6.07) is 5.45. The number of furan rings is 1. The van der Waals surface area contributed by atoms with E-state index in [0.717, 1.165) is 43.4 Å². The van der Waals surface area contributed by atoms with E-state index in [1.165, 1.54) is 0 Å². The third-order valence-corrected chi connectivity index (χ3v) is 5.83. The van der Waals surface area contributed by atoms with Crippen molar-refractivity contribution in [2.45, 2.75) is 32.4 Å². The Labute approximate surface area is 152 Å². The van der Waals surface area contributed by atoms with Crippen LogP contribution in [0.15, 0.2) is 22.6 Å². The van der Waals surface area contributed by atoms with E-state index in [-0.39, 0.29) is 5.91 Å². The van der Waals surface area contributed by atoms with Crippen LogP contribution in [0.1, 0.15) is 35.9 Å². The Morgan fingerprint density at radius 1 is 1.28 bits per heavy atom. The SMILES string of the molecule is CCN1CCC2(CC1)OCCN2C(=O)c1oc2ccc(Cl)cc2c1C. The minimum absolute atomic E-state index is 0.0766. The number of ether oxygens (including phenoxy) is 1. The highest BCUT2D eigenvalue weighted by Crippen LogP contribution is 2.37. The van der Waals surface area contributed by atoms with Crippen molar-refractivity contribution in [2.75, 3.05) is 32.8 Å². The maximum absolute atomic E-state index is 13.3. The quantitative estimate of drug-likeness (QED) is 0.817. The Bertz CT molecular complexity index is 808. The molecule has 5 nitrogen and oxygen atoms in total. The van der Waals surface area contributed by atoms with Crippen LogP contribution in [-0.4, -0.2) is 54.2 Å². The molecule has 0 radical (unpaired) electrons. The molecule has 6 heteroatoms. The summed E-state index contributed by atoms with van der Waals surface area (Å²) in [5.41, 5.74) is 1.06. The molecule has 2 fully saturated rings. The fourth-order valence-electron chi connectivity index (χ4n) is 4.05. The Morgan fingerprint density at radius 2 is 2.04 bits per heavy atom. The lowest BCUT2D eigenvalue weighted by atomic mass is 9.98. The maximum Gasteiger partial charge on any atom is 0.292 e. The fraction of sp³-hybridized carbons (Fsp3) is 0.526. The lowest BCUT2D eigenvalue weighted by molar-refractivity contribution is -0.105. The highest BCUT2D eigenvalue weighted by molar-refractivity contribution is 6.31. The van der Waals surface area contributed by atoms with Gasteiger partial charge >= 0.3 is 0 Å². The number of rotatable bonds is 2. The number of hydrogen-bond donors (Lipinski definition) is 0. The number of nitrogens with zero attached hydrogens (tertiary/aromatic N) is 2. The van der Waals surface area contributed by atoms with E-state index in [1.807, 2.05) is 24.0 Å². The van der Waals surface area contributed by atoms with Gasteiger partial charge in [-0.15, -0.1) is 0 Å². The van der Waals surface area contributed by atoms with Crippen LogP contribution in [0.5, 0.6) is 0 Å². The fourth-order valence-corrected chi connectivity index (χ4v) is 4.22. The van der Waals surface area contributed by atoms with Gasteiger partial charge in [0.25, 0.3) is 5.91 Å². The number of hydrogen-bond acceptors (Lipinski definition) is 4. The zero-order valence-corrected chi connectivity index (χ0v) is 15.4. The summed E-state index contributed by atoms with van der Waals surface area (Å²) in [4.78, 5) is 17.5. The Kier molecular flexibility index (Phi) is 4.26. The summed E-state index contributed by atoms with van der Waals surface area (Å²) in [6.45, 7) is 8.22. The molecule has 1 amide bonds. The van der Waals surface area contributed by atoms with Crippen molar-refractivity contribution in [1.29, 1.82) is 0 Å². The van der Waals surface area contributed by atoms with Gasteiger partial charge in [-0.25, -0.2) is 0 Å². The van der Waals surface area contributed by atoms with Crippen LogP contribution in [-0.2, 0) is 4.74 Å². The molecule has 0 atom stereocenters. The first-order valence-electron chi connectivity index (χ1n) is 8.91. The topological polar surface area (TPSA) is 45.9 Å². The van der Waals surface area contributed by atoms with Crippen molar-refractivity contribution in [3.63, 3.8) is 0 Å². The molecule has 0 bridgehead atoms. The van der Waals surface area contributed by atoms with Crippen molar-refractivity contribution in [2.24, 2.45) is 0 Å². The summed E-state index contributed by atoms with van der Waals surface area (Å²) in [5.74, 6) is 0.326. The first-order valence-corrected chi connectivity index (χ1v) is 9.29. The van der Waals surface area contributed by atoms with E-state index >= 15 is 0 Å². The second kappa shape index (κ2) is 6.31. The average molecular weight is 363 g/mol. The maximum atomic E-state index is 13.3. The monoisotopic (exact) mass is 362 g/mol. The van der Waals surface area contributed by atoms with Gasteiger partial charge in [0.05, 0.1) is 6.61 Å². The van der Waals surface area contributed by atoms with Crippen molar-refractivity contribution in [3.8, 4) is 0 Å². The van der Waals surface area contributed by atoms with E-state index in [2.05, 4.69) is 11.8 Å². The van der Waals surface area contributed by atoms with E-state index in [1.54, 1.807) is 6.07 Å². The van der Waals surface area contributed by atoms with Gasteiger partial charge in [0.2, 0.25) is 0 Å². The first-order chi connectivity index (χ1) is 12.0. The summed E-state index contributed by atoms with van der Waals surface area (Å²) in [6.07, 6.45) is 1.69. The van der Waals surface area contributed by atoms with Gasteiger partial charge in [-0.3, -0.25) is 4.79 Å². The average Bonchev–Trinajstić information content (AvgIpc) is 3.17. The molecule has 25 heavy (non-hydrogen) atoms. The molecule has 0 aliphatic carbocycles. The minimum atomic E-state index is -0.480. The molecule has 2 aromatic rings. The second-order valence-corrected chi connectivity index (χ2v) is 7.32. The molecular weight excluding hydrogens is 340 g/mol. The van der Waals surface area contributed by atoms with Gasteiger partial charge in [-0.05, 0) is 31.7 Å². The highest BCUT2D eigenvalue weighted by Gasteiger charge is 2.47. The van der Waals surface area contributed by atoms with Crippen LogP contribution in [0, 0.1) is 6.92 Å². The molecule has 0 saturated carbocycles. The molecule has 0 N–H and O–H groups in total. The number of piperidine rings is 1. The van der Waals surface area contributed by atoms with E-state index in [9.17, 15) is 4.79 Å². The number of fused-ring (bicyclic) bond motifs is 1. The van der Waals surface area contributed by atoms with E-state index in [0.29, 0.717) is 29.5 Å². The van der Waals surface area contributed by atoms with Crippen LogP contribution in [0.4, 0.5) is 0 Å². The van der Waals surface area contributed by atoms with E-state index < -0.39 is 5.72 Å². The van der Waals surface area contributed by atoms with Gasteiger partial charge in [0.1, 0.15) is 11.3 Å². The van der Waals surface area contributed by atoms with Crippen molar-refractivity contribution in [3.05, 3.63) is 34.5 Å². The third-order valence-electron chi connectivity index (χ3n) is 5.60. The lowest BCUT2D eigenvalue weighted by Crippen LogP contribution is -2.54. The molecule has 1 spiro atoms. The lowest BCUT2D eigenvalue weighted by Gasteiger charge is -2.43. The van der Waals surface area contributed by atoms with Gasteiger partial charge in [0.15, 0.2) is 5.76 Å². The number of amides is 1. The highest BCUT2D eigenvalue weighted by atomic mass is 35.5. The summed E-state index contributed by atoms with van der Waals surface area (Å²) in [7, 11) is 0. The van der Waals surface area contributed by atoms with Crippen molar-refractivity contribution in [1.82, 2.24) is 9.80 Å². The Balaban J connectivity index is 1.65. The summed E-state index contributed by atoms with van der Waals surface area (Å²) in [5, 5.41) is 1.54. The molecule has 4 rings (SSSR count).